The van der Waals surface area contributed by atoms with Gasteiger partial charge in [-0.25, -0.2) is 13.8 Å². The van der Waals surface area contributed by atoms with Crippen LogP contribution in [0, 0.1) is 0 Å². The fraction of sp³-hybridized carbons (Fsp3) is 0.250. The number of aryl methyl sites for hydroxylation is 1. The lowest BCUT2D eigenvalue weighted by atomic mass is 10.3. The Balaban J connectivity index is 1.68. The zero-order valence-electron chi connectivity index (χ0n) is 12.2. The van der Waals surface area contributed by atoms with E-state index in [9.17, 15) is 13.6 Å². The Morgan fingerprint density at radius 1 is 1.35 bits per heavy atom. The van der Waals surface area contributed by atoms with Crippen molar-refractivity contribution in [3.8, 4) is 0 Å². The largest absolute Gasteiger partial charge is 0.351 e. The Morgan fingerprint density at radius 2 is 2.22 bits per heavy atom. The molecule has 1 N–H and O–H groups in total. The Bertz CT molecular complexity index is 799. The van der Waals surface area contributed by atoms with Gasteiger partial charge in [0.15, 0.2) is 0 Å². The van der Waals surface area contributed by atoms with Crippen LogP contribution in [0.5, 0.6) is 0 Å². The highest BCUT2D eigenvalue weighted by Gasteiger charge is 2.18. The number of rotatable bonds is 6. The molecule has 0 fully saturated rings. The summed E-state index contributed by atoms with van der Waals surface area (Å²) >= 11 is 1.56. The number of fused-ring (bicyclic) bond motifs is 1. The summed E-state index contributed by atoms with van der Waals surface area (Å²) in [5.41, 5.74) is 0.374. The molecule has 23 heavy (non-hydrogen) atoms. The number of hydrogen-bond donors (Lipinski definition) is 1. The predicted molar refractivity (Wildman–Crippen MR) is 85.5 cm³/mol. The van der Waals surface area contributed by atoms with Crippen molar-refractivity contribution in [3.05, 3.63) is 52.5 Å². The third kappa shape index (κ3) is 3.56. The van der Waals surface area contributed by atoms with E-state index in [4.69, 9.17) is 0 Å². The lowest BCUT2D eigenvalue weighted by Crippen LogP contribution is -2.23. The molecule has 4 nitrogen and oxygen atoms in total. The Morgan fingerprint density at radius 3 is 2.96 bits per heavy atom. The van der Waals surface area contributed by atoms with E-state index < -0.39 is 6.43 Å². The normalized spacial score (nSPS) is 11.3. The third-order valence-corrected chi connectivity index (χ3v) is 4.39. The molecule has 0 saturated carbocycles. The molecule has 0 aliphatic carbocycles. The van der Waals surface area contributed by atoms with Crippen molar-refractivity contribution in [1.82, 2.24) is 14.9 Å². The smallest absolute Gasteiger partial charge is 0.278 e. The van der Waals surface area contributed by atoms with Crippen molar-refractivity contribution in [1.29, 1.82) is 0 Å². The Labute approximate surface area is 135 Å². The van der Waals surface area contributed by atoms with Gasteiger partial charge < -0.3 is 9.88 Å². The maximum absolute atomic E-state index is 13.2. The molecule has 3 aromatic rings. The number of nitrogens with one attached hydrogen (secondary N) is 1. The zero-order valence-corrected chi connectivity index (χ0v) is 13.0. The van der Waals surface area contributed by atoms with Crippen LogP contribution >= 0.6 is 11.3 Å². The average Bonchev–Trinajstić information content (AvgIpc) is 3.18. The highest BCUT2D eigenvalue weighted by Crippen LogP contribution is 2.26. The lowest BCUT2D eigenvalue weighted by Gasteiger charge is -2.09. The molecule has 3 rings (SSSR count). The minimum absolute atomic E-state index is 0.107. The molecule has 3 aromatic heterocycles. The molecule has 0 unspecified atom stereocenters. The summed E-state index contributed by atoms with van der Waals surface area (Å²) in [4.78, 5) is 17.1. The summed E-state index contributed by atoms with van der Waals surface area (Å²) in [5, 5.41) is 5.39. The van der Waals surface area contributed by atoms with E-state index in [0.717, 1.165) is 4.88 Å². The van der Waals surface area contributed by atoms with Gasteiger partial charge in [-0.2, -0.15) is 0 Å². The first kappa shape index (κ1) is 15.6. The Kier molecular flexibility index (Phi) is 4.66. The maximum Gasteiger partial charge on any atom is 0.278 e. The number of halogens is 2. The molecule has 0 atom stereocenters. The minimum Gasteiger partial charge on any atom is -0.351 e. The first-order valence-corrected chi connectivity index (χ1v) is 8.04. The lowest BCUT2D eigenvalue weighted by molar-refractivity contribution is -0.121. The van der Waals surface area contributed by atoms with Crippen molar-refractivity contribution in [2.45, 2.75) is 25.9 Å². The molecule has 0 spiro atoms. The van der Waals surface area contributed by atoms with Crippen LogP contribution in [0.3, 0.4) is 0 Å². The van der Waals surface area contributed by atoms with Gasteiger partial charge in [-0.05, 0) is 29.6 Å². The van der Waals surface area contributed by atoms with Crippen LogP contribution in [0.1, 0.15) is 23.4 Å². The van der Waals surface area contributed by atoms with Crippen LogP contribution in [0.4, 0.5) is 8.78 Å². The summed E-state index contributed by atoms with van der Waals surface area (Å²) in [6, 6.07) is 8.72. The molecule has 7 heteroatoms. The molecule has 0 bridgehead atoms. The van der Waals surface area contributed by atoms with Gasteiger partial charge in [0.25, 0.3) is 6.43 Å². The van der Waals surface area contributed by atoms with Gasteiger partial charge in [-0.3, -0.25) is 4.79 Å². The number of carbonyl (C=O) groups is 1. The van der Waals surface area contributed by atoms with Gasteiger partial charge in [0.05, 0.1) is 12.2 Å². The van der Waals surface area contributed by atoms with Crippen LogP contribution < -0.4 is 5.32 Å². The van der Waals surface area contributed by atoms with E-state index in [1.807, 2.05) is 17.5 Å². The van der Waals surface area contributed by atoms with E-state index in [2.05, 4.69) is 10.3 Å². The van der Waals surface area contributed by atoms with Crippen LogP contribution in [0.2, 0.25) is 0 Å². The molecule has 0 radical (unpaired) electrons. The number of pyridine rings is 1. The van der Waals surface area contributed by atoms with E-state index in [1.165, 1.54) is 10.6 Å². The topological polar surface area (TPSA) is 46.9 Å². The Hall–Kier alpha value is -2.28. The van der Waals surface area contributed by atoms with Crippen molar-refractivity contribution in [2.75, 3.05) is 0 Å². The number of amides is 1. The summed E-state index contributed by atoms with van der Waals surface area (Å²) in [7, 11) is 0. The van der Waals surface area contributed by atoms with Crippen LogP contribution in [-0.2, 0) is 17.9 Å². The second-order valence-electron chi connectivity index (χ2n) is 5.04. The van der Waals surface area contributed by atoms with Crippen molar-refractivity contribution >= 4 is 28.3 Å². The monoisotopic (exact) mass is 335 g/mol. The summed E-state index contributed by atoms with van der Waals surface area (Å²) in [6.45, 7) is 0.638. The molecule has 120 valence electrons. The molecule has 0 aliphatic heterocycles. The van der Waals surface area contributed by atoms with Gasteiger partial charge in [-0.1, -0.05) is 6.07 Å². The van der Waals surface area contributed by atoms with Gasteiger partial charge >= 0.3 is 0 Å². The van der Waals surface area contributed by atoms with Gasteiger partial charge in [0.1, 0.15) is 5.65 Å². The molecular formula is C16H15F2N3OS. The molecule has 1 amide bonds. The maximum atomic E-state index is 13.2. The highest BCUT2D eigenvalue weighted by molar-refractivity contribution is 7.09. The van der Waals surface area contributed by atoms with Crippen molar-refractivity contribution < 1.29 is 13.6 Å². The highest BCUT2D eigenvalue weighted by atomic mass is 32.1. The minimum atomic E-state index is -2.60. The van der Waals surface area contributed by atoms with Crippen LogP contribution in [0.15, 0.2) is 41.9 Å². The number of carbonyl (C=O) groups excluding carboxylic acids is 1. The van der Waals surface area contributed by atoms with Crippen molar-refractivity contribution in [2.24, 2.45) is 0 Å². The van der Waals surface area contributed by atoms with Gasteiger partial charge in [0, 0.05) is 29.4 Å². The van der Waals surface area contributed by atoms with Crippen molar-refractivity contribution in [3.63, 3.8) is 0 Å². The second kappa shape index (κ2) is 6.87. The van der Waals surface area contributed by atoms with E-state index in [1.54, 1.807) is 29.7 Å². The summed E-state index contributed by atoms with van der Waals surface area (Å²) in [6.07, 6.45) is -0.908. The van der Waals surface area contributed by atoms with E-state index in [0.29, 0.717) is 17.6 Å². The molecule has 0 aromatic carbocycles. The molecule has 0 saturated heterocycles. The molecule has 3 heterocycles. The van der Waals surface area contributed by atoms with E-state index in [-0.39, 0.29) is 24.6 Å². The number of aromatic nitrogens is 2. The summed E-state index contributed by atoms with van der Waals surface area (Å²) < 4.78 is 27.8. The quantitative estimate of drug-likeness (QED) is 0.746. The zero-order chi connectivity index (χ0) is 16.2. The predicted octanol–water partition coefficient (Wildman–Crippen LogP) is 3.74. The first-order chi connectivity index (χ1) is 11.1. The molecular weight excluding hydrogens is 320 g/mol. The number of alkyl halides is 2. The fourth-order valence-corrected chi connectivity index (χ4v) is 3.07. The fourth-order valence-electron chi connectivity index (χ4n) is 2.42. The van der Waals surface area contributed by atoms with Crippen LogP contribution in [0.25, 0.3) is 11.0 Å². The first-order valence-electron chi connectivity index (χ1n) is 7.16. The van der Waals surface area contributed by atoms with Gasteiger partial charge in [0.2, 0.25) is 5.91 Å². The standard InChI is InChI=1S/C16H15F2N3OS/c17-15(18)13-9-11-3-1-6-19-16(11)21(13)7-5-14(22)20-10-12-4-2-8-23-12/h1-4,6,8-9,15H,5,7,10H2,(H,20,22). The average molecular weight is 335 g/mol. The summed E-state index contributed by atoms with van der Waals surface area (Å²) in [5.74, 6) is -0.170. The second-order valence-corrected chi connectivity index (χ2v) is 6.08. The number of nitrogens with zero attached hydrogens (tertiary/aromatic N) is 2. The van der Waals surface area contributed by atoms with E-state index >= 15 is 0 Å². The van der Waals surface area contributed by atoms with Crippen LogP contribution in [-0.4, -0.2) is 15.5 Å². The number of hydrogen-bond acceptors (Lipinski definition) is 3. The molecule has 0 aliphatic rings. The number of thiophene rings is 1. The SMILES string of the molecule is O=C(CCn1c(C(F)F)cc2cccnc21)NCc1cccs1. The third-order valence-electron chi connectivity index (χ3n) is 3.51. The van der Waals surface area contributed by atoms with Gasteiger partial charge in [-0.15, -0.1) is 11.3 Å².